The van der Waals surface area contributed by atoms with Crippen molar-refractivity contribution in [1.82, 2.24) is 10.3 Å². The Hall–Kier alpha value is -1.52. The van der Waals surface area contributed by atoms with E-state index in [1.807, 2.05) is 26.0 Å². The lowest BCUT2D eigenvalue weighted by atomic mass is 10.1. The third-order valence-corrected chi connectivity index (χ3v) is 3.07. The molecule has 1 atom stereocenters. The van der Waals surface area contributed by atoms with Crippen LogP contribution in [-0.4, -0.2) is 18.6 Å². The molecule has 19 heavy (non-hydrogen) atoms. The summed E-state index contributed by atoms with van der Waals surface area (Å²) >= 11 is 6.01. The van der Waals surface area contributed by atoms with Gasteiger partial charge in [0.15, 0.2) is 5.76 Å². The average molecular weight is 281 g/mol. The summed E-state index contributed by atoms with van der Waals surface area (Å²) in [5.41, 5.74) is 0.803. The number of benzene rings is 1. The third-order valence-electron chi connectivity index (χ3n) is 2.83. The lowest BCUT2D eigenvalue weighted by Crippen LogP contribution is -2.17. The lowest BCUT2D eigenvalue weighted by Gasteiger charge is -2.08. The predicted molar refractivity (Wildman–Crippen MR) is 75.6 cm³/mol. The van der Waals surface area contributed by atoms with E-state index in [9.17, 15) is 0 Å². The zero-order valence-corrected chi connectivity index (χ0v) is 12.0. The molecule has 1 heterocycles. The van der Waals surface area contributed by atoms with Crippen LogP contribution in [0.1, 0.15) is 25.8 Å². The monoisotopic (exact) mass is 280 g/mol. The van der Waals surface area contributed by atoms with Crippen LogP contribution < -0.4 is 10.1 Å². The molecular weight excluding hydrogens is 264 g/mol. The highest BCUT2D eigenvalue weighted by atomic mass is 35.5. The van der Waals surface area contributed by atoms with Crippen molar-refractivity contribution >= 4 is 11.6 Å². The molecule has 0 radical (unpaired) electrons. The van der Waals surface area contributed by atoms with Gasteiger partial charge in [0.2, 0.25) is 5.89 Å². The quantitative estimate of drug-likeness (QED) is 0.908. The molecule has 0 spiro atoms. The fraction of sp³-hybridized carbons (Fsp3) is 0.357. The number of hydrogen-bond acceptors (Lipinski definition) is 4. The number of oxazole rings is 1. The lowest BCUT2D eigenvalue weighted by molar-refractivity contribution is 0.408. The first-order valence-corrected chi connectivity index (χ1v) is 6.56. The van der Waals surface area contributed by atoms with E-state index >= 15 is 0 Å². The highest BCUT2D eigenvalue weighted by Crippen LogP contribution is 2.33. The molecule has 5 heteroatoms. The Labute approximate surface area is 117 Å². The van der Waals surface area contributed by atoms with E-state index in [0.717, 1.165) is 12.1 Å². The van der Waals surface area contributed by atoms with Crippen molar-refractivity contribution in [2.24, 2.45) is 0 Å². The van der Waals surface area contributed by atoms with E-state index in [0.29, 0.717) is 22.4 Å². The van der Waals surface area contributed by atoms with Crippen molar-refractivity contribution in [3.05, 3.63) is 35.3 Å². The highest BCUT2D eigenvalue weighted by molar-refractivity contribution is 6.30. The zero-order valence-electron chi connectivity index (χ0n) is 11.2. The fourth-order valence-corrected chi connectivity index (χ4v) is 2.05. The Morgan fingerprint density at radius 2 is 2.26 bits per heavy atom. The second-order valence-corrected chi connectivity index (χ2v) is 4.62. The summed E-state index contributed by atoms with van der Waals surface area (Å²) in [7, 11) is 1.62. The molecule has 0 saturated carbocycles. The van der Waals surface area contributed by atoms with Crippen LogP contribution in [0.4, 0.5) is 0 Å². The SMILES string of the molecule is CCNC(C)c1ncc(-c2cc(Cl)ccc2OC)o1. The van der Waals surface area contributed by atoms with E-state index < -0.39 is 0 Å². The molecule has 0 amide bonds. The zero-order chi connectivity index (χ0) is 13.8. The fourth-order valence-electron chi connectivity index (χ4n) is 1.88. The summed E-state index contributed by atoms with van der Waals surface area (Å²) in [5.74, 6) is 2.01. The molecule has 1 aromatic carbocycles. The molecule has 1 unspecified atom stereocenters. The number of halogens is 1. The largest absolute Gasteiger partial charge is 0.496 e. The van der Waals surface area contributed by atoms with Crippen molar-refractivity contribution in [1.29, 1.82) is 0 Å². The molecule has 1 aromatic heterocycles. The Balaban J connectivity index is 2.34. The molecule has 0 saturated heterocycles. The van der Waals surface area contributed by atoms with Crippen LogP contribution in [0.2, 0.25) is 5.02 Å². The molecule has 0 aliphatic carbocycles. The molecule has 102 valence electrons. The molecule has 2 aromatic rings. The summed E-state index contributed by atoms with van der Waals surface area (Å²) in [5, 5.41) is 3.89. The van der Waals surface area contributed by atoms with Crippen LogP contribution in [-0.2, 0) is 0 Å². The minimum absolute atomic E-state index is 0.0731. The first-order valence-electron chi connectivity index (χ1n) is 6.18. The van der Waals surface area contributed by atoms with Crippen molar-refractivity contribution in [3.8, 4) is 17.1 Å². The van der Waals surface area contributed by atoms with Gasteiger partial charge in [0, 0.05) is 5.02 Å². The van der Waals surface area contributed by atoms with Gasteiger partial charge in [-0.3, -0.25) is 0 Å². The summed E-state index contributed by atoms with van der Waals surface area (Å²) in [6.07, 6.45) is 1.69. The van der Waals surface area contributed by atoms with Crippen LogP contribution in [0.15, 0.2) is 28.8 Å². The maximum atomic E-state index is 6.01. The van der Waals surface area contributed by atoms with Gasteiger partial charge in [-0.15, -0.1) is 0 Å². The average Bonchev–Trinajstić information content (AvgIpc) is 2.88. The van der Waals surface area contributed by atoms with Gasteiger partial charge in [0.05, 0.1) is 24.9 Å². The first-order chi connectivity index (χ1) is 9.15. The number of methoxy groups -OCH3 is 1. The summed E-state index contributed by atoms with van der Waals surface area (Å²) < 4.78 is 11.1. The van der Waals surface area contributed by atoms with Gasteiger partial charge >= 0.3 is 0 Å². The van der Waals surface area contributed by atoms with Crippen LogP contribution in [0.25, 0.3) is 11.3 Å². The molecule has 0 aliphatic rings. The van der Waals surface area contributed by atoms with Crippen LogP contribution in [0, 0.1) is 0 Å². The third kappa shape index (κ3) is 3.08. The van der Waals surface area contributed by atoms with E-state index in [1.165, 1.54) is 0 Å². The van der Waals surface area contributed by atoms with E-state index in [1.54, 1.807) is 19.4 Å². The molecule has 2 rings (SSSR count). The van der Waals surface area contributed by atoms with Gasteiger partial charge in [0.25, 0.3) is 0 Å². The van der Waals surface area contributed by atoms with Gasteiger partial charge in [-0.05, 0) is 31.7 Å². The van der Waals surface area contributed by atoms with E-state index in [4.69, 9.17) is 20.8 Å². The summed E-state index contributed by atoms with van der Waals surface area (Å²) in [6.45, 7) is 4.91. The highest BCUT2D eigenvalue weighted by Gasteiger charge is 2.15. The molecule has 4 nitrogen and oxygen atoms in total. The number of nitrogens with one attached hydrogen (secondary N) is 1. The number of nitrogens with zero attached hydrogens (tertiary/aromatic N) is 1. The van der Waals surface area contributed by atoms with Crippen molar-refractivity contribution in [2.45, 2.75) is 19.9 Å². The van der Waals surface area contributed by atoms with E-state index in [2.05, 4.69) is 10.3 Å². The maximum Gasteiger partial charge on any atom is 0.211 e. The molecule has 0 bridgehead atoms. The van der Waals surface area contributed by atoms with Crippen molar-refractivity contribution < 1.29 is 9.15 Å². The summed E-state index contributed by atoms with van der Waals surface area (Å²) in [4.78, 5) is 4.29. The normalized spacial score (nSPS) is 12.4. The van der Waals surface area contributed by atoms with Crippen LogP contribution in [0.5, 0.6) is 5.75 Å². The Bertz CT molecular complexity index is 554. The van der Waals surface area contributed by atoms with Crippen LogP contribution in [0.3, 0.4) is 0 Å². The molecule has 1 N–H and O–H groups in total. The number of ether oxygens (including phenoxy) is 1. The maximum absolute atomic E-state index is 6.01. The smallest absolute Gasteiger partial charge is 0.211 e. The minimum atomic E-state index is 0.0731. The molecule has 0 fully saturated rings. The topological polar surface area (TPSA) is 47.3 Å². The van der Waals surface area contributed by atoms with Gasteiger partial charge < -0.3 is 14.5 Å². The van der Waals surface area contributed by atoms with Gasteiger partial charge in [0.1, 0.15) is 5.75 Å². The predicted octanol–water partition coefficient (Wildman–Crippen LogP) is 3.67. The van der Waals surface area contributed by atoms with Crippen molar-refractivity contribution in [2.75, 3.05) is 13.7 Å². The van der Waals surface area contributed by atoms with E-state index in [-0.39, 0.29) is 6.04 Å². The number of hydrogen-bond donors (Lipinski definition) is 1. The first kappa shape index (κ1) is 13.9. The molecular formula is C14H17ClN2O2. The van der Waals surface area contributed by atoms with Gasteiger partial charge in [-0.2, -0.15) is 0 Å². The number of rotatable bonds is 5. The molecule has 0 aliphatic heterocycles. The van der Waals surface area contributed by atoms with Crippen molar-refractivity contribution in [3.63, 3.8) is 0 Å². The number of aromatic nitrogens is 1. The Morgan fingerprint density at radius 3 is 2.95 bits per heavy atom. The standard InChI is InChI=1S/C14H17ClN2O2/c1-4-16-9(2)14-17-8-13(19-14)11-7-10(15)5-6-12(11)18-3/h5-9,16H,4H2,1-3H3. The Kier molecular flexibility index (Phi) is 4.45. The Morgan fingerprint density at radius 1 is 1.47 bits per heavy atom. The van der Waals surface area contributed by atoms with Crippen LogP contribution >= 0.6 is 11.6 Å². The van der Waals surface area contributed by atoms with Gasteiger partial charge in [-0.25, -0.2) is 4.98 Å². The second-order valence-electron chi connectivity index (χ2n) is 4.19. The summed E-state index contributed by atoms with van der Waals surface area (Å²) in [6, 6.07) is 5.47. The minimum Gasteiger partial charge on any atom is -0.496 e. The van der Waals surface area contributed by atoms with Gasteiger partial charge in [-0.1, -0.05) is 18.5 Å². The second kappa shape index (κ2) is 6.08.